The van der Waals surface area contributed by atoms with Crippen molar-refractivity contribution in [3.63, 3.8) is 0 Å². The Labute approximate surface area is 111 Å². The molecule has 19 heavy (non-hydrogen) atoms. The van der Waals surface area contributed by atoms with Gasteiger partial charge in [0.15, 0.2) is 0 Å². The van der Waals surface area contributed by atoms with Gasteiger partial charge in [-0.25, -0.2) is 9.59 Å². The molecule has 3 heteroatoms. The van der Waals surface area contributed by atoms with Crippen molar-refractivity contribution in [3.8, 4) is 0 Å². The maximum Gasteiger partial charge on any atom is 0.347 e. The minimum Gasteiger partial charge on any atom is -0.386 e. The Morgan fingerprint density at radius 1 is 1.05 bits per heavy atom. The third-order valence-corrected chi connectivity index (χ3v) is 3.70. The molecule has 0 saturated carbocycles. The number of cyclic esters (lactones) is 2. The van der Waals surface area contributed by atoms with E-state index < -0.39 is 11.9 Å². The van der Waals surface area contributed by atoms with E-state index in [9.17, 15) is 9.59 Å². The molecule has 0 N–H and O–H groups in total. The molecule has 0 aromatic heterocycles. The van der Waals surface area contributed by atoms with E-state index in [1.165, 1.54) is 5.56 Å². The van der Waals surface area contributed by atoms with Crippen LogP contribution in [0, 0.1) is 0 Å². The van der Waals surface area contributed by atoms with Crippen molar-refractivity contribution >= 4 is 22.7 Å². The molecule has 1 aliphatic heterocycles. The summed E-state index contributed by atoms with van der Waals surface area (Å²) in [5.74, 6) is -1.04. The van der Waals surface area contributed by atoms with Gasteiger partial charge in [-0.05, 0) is 40.8 Å². The van der Waals surface area contributed by atoms with Crippen molar-refractivity contribution in [3.05, 3.63) is 46.5 Å². The van der Waals surface area contributed by atoms with Gasteiger partial charge in [0, 0.05) is 0 Å². The lowest BCUT2D eigenvalue weighted by Crippen LogP contribution is -2.02. The predicted octanol–water partition coefficient (Wildman–Crippen LogP) is 3.28. The highest BCUT2D eigenvalue weighted by molar-refractivity contribution is 6.18. The molecule has 0 saturated heterocycles. The first-order valence-electron chi connectivity index (χ1n) is 6.51. The smallest absolute Gasteiger partial charge is 0.347 e. The number of ether oxygens (including phenoxy) is 1. The summed E-state index contributed by atoms with van der Waals surface area (Å²) in [6, 6.07) is 7.80. The monoisotopic (exact) mass is 254 g/mol. The lowest BCUT2D eigenvalue weighted by atomic mass is 9.90. The zero-order chi connectivity index (χ0) is 13.6. The Kier molecular flexibility index (Phi) is 2.63. The molecular formula is C16H14O3. The largest absolute Gasteiger partial charge is 0.386 e. The highest BCUT2D eigenvalue weighted by Gasteiger charge is 2.33. The first-order chi connectivity index (χ1) is 9.17. The van der Waals surface area contributed by atoms with Crippen molar-refractivity contribution < 1.29 is 14.3 Å². The third-order valence-electron chi connectivity index (χ3n) is 3.70. The van der Waals surface area contributed by atoms with Gasteiger partial charge in [0.1, 0.15) is 0 Å². The van der Waals surface area contributed by atoms with E-state index in [1.807, 2.05) is 19.1 Å². The van der Waals surface area contributed by atoms with Crippen LogP contribution in [0.5, 0.6) is 0 Å². The Morgan fingerprint density at radius 3 is 2.53 bits per heavy atom. The summed E-state index contributed by atoms with van der Waals surface area (Å²) in [6.45, 7) is 4.09. The molecule has 2 aromatic rings. The van der Waals surface area contributed by atoms with Crippen molar-refractivity contribution in [2.75, 3.05) is 0 Å². The number of hydrogen-bond acceptors (Lipinski definition) is 3. The van der Waals surface area contributed by atoms with Crippen LogP contribution in [0.4, 0.5) is 0 Å². The molecule has 0 fully saturated rings. The van der Waals surface area contributed by atoms with E-state index in [4.69, 9.17) is 4.74 Å². The Bertz CT molecular complexity index is 713. The molecule has 0 unspecified atom stereocenters. The molecule has 0 radical (unpaired) electrons. The molecule has 96 valence electrons. The standard InChI is InChI=1S/C16H14O3/c1-3-9-6-5-7-10-8-12-14(11(4-2)13(9)10)16(18)19-15(12)17/h5-8H,3-4H2,1-2H3. The zero-order valence-electron chi connectivity index (χ0n) is 10.9. The highest BCUT2D eigenvalue weighted by Crippen LogP contribution is 2.33. The first kappa shape index (κ1) is 11.9. The fraction of sp³-hybridized carbons (Fsp3) is 0.250. The summed E-state index contributed by atoms with van der Waals surface area (Å²) >= 11 is 0. The summed E-state index contributed by atoms with van der Waals surface area (Å²) < 4.78 is 4.74. The summed E-state index contributed by atoms with van der Waals surface area (Å²) in [7, 11) is 0. The lowest BCUT2D eigenvalue weighted by Gasteiger charge is -2.11. The van der Waals surface area contributed by atoms with Gasteiger partial charge < -0.3 is 4.74 Å². The summed E-state index contributed by atoms with van der Waals surface area (Å²) in [6.07, 6.45) is 1.60. The van der Waals surface area contributed by atoms with E-state index >= 15 is 0 Å². The van der Waals surface area contributed by atoms with Crippen LogP contribution in [0.2, 0.25) is 0 Å². The number of rotatable bonds is 2. The van der Waals surface area contributed by atoms with Crippen LogP contribution in [0.1, 0.15) is 45.7 Å². The number of esters is 2. The van der Waals surface area contributed by atoms with E-state index in [0.717, 1.165) is 22.8 Å². The van der Waals surface area contributed by atoms with Gasteiger partial charge in [-0.1, -0.05) is 32.0 Å². The highest BCUT2D eigenvalue weighted by atomic mass is 16.6. The maximum absolute atomic E-state index is 11.9. The van der Waals surface area contributed by atoms with E-state index in [2.05, 4.69) is 13.0 Å². The molecule has 2 aromatic carbocycles. The summed E-state index contributed by atoms with van der Waals surface area (Å²) in [4.78, 5) is 23.6. The van der Waals surface area contributed by atoms with Crippen LogP contribution < -0.4 is 0 Å². The van der Waals surface area contributed by atoms with Crippen LogP contribution in [0.3, 0.4) is 0 Å². The van der Waals surface area contributed by atoms with Crippen LogP contribution in [-0.4, -0.2) is 11.9 Å². The van der Waals surface area contributed by atoms with Crippen LogP contribution in [0.25, 0.3) is 10.8 Å². The van der Waals surface area contributed by atoms with Gasteiger partial charge in [0.05, 0.1) is 11.1 Å². The fourth-order valence-electron chi connectivity index (χ4n) is 2.86. The van der Waals surface area contributed by atoms with Crippen LogP contribution in [-0.2, 0) is 17.6 Å². The van der Waals surface area contributed by atoms with Crippen molar-refractivity contribution in [2.45, 2.75) is 26.7 Å². The Balaban J connectivity index is 2.49. The minimum atomic E-state index is -0.529. The van der Waals surface area contributed by atoms with E-state index in [0.29, 0.717) is 17.5 Å². The predicted molar refractivity (Wildman–Crippen MR) is 72.5 cm³/mol. The minimum absolute atomic E-state index is 0.405. The SMILES string of the molecule is CCc1cccc2cc3c(c(CC)c12)C(=O)OC3=O. The molecule has 0 spiro atoms. The second-order valence-electron chi connectivity index (χ2n) is 4.68. The zero-order valence-corrected chi connectivity index (χ0v) is 10.9. The molecule has 0 amide bonds. The molecule has 0 bridgehead atoms. The van der Waals surface area contributed by atoms with E-state index in [1.54, 1.807) is 6.07 Å². The first-order valence-corrected chi connectivity index (χ1v) is 6.51. The normalized spacial score (nSPS) is 13.8. The van der Waals surface area contributed by atoms with Crippen molar-refractivity contribution in [2.24, 2.45) is 0 Å². The quantitative estimate of drug-likeness (QED) is 0.610. The second-order valence-corrected chi connectivity index (χ2v) is 4.68. The fourth-order valence-corrected chi connectivity index (χ4v) is 2.86. The van der Waals surface area contributed by atoms with Gasteiger partial charge in [-0.15, -0.1) is 0 Å². The third kappa shape index (κ3) is 1.58. The topological polar surface area (TPSA) is 43.4 Å². The molecule has 0 atom stereocenters. The van der Waals surface area contributed by atoms with Gasteiger partial charge in [0.25, 0.3) is 0 Å². The summed E-state index contributed by atoms with van der Waals surface area (Å²) in [5.41, 5.74) is 2.99. The second kappa shape index (κ2) is 4.19. The van der Waals surface area contributed by atoms with Gasteiger partial charge >= 0.3 is 11.9 Å². The van der Waals surface area contributed by atoms with Gasteiger partial charge in [-0.2, -0.15) is 0 Å². The van der Waals surface area contributed by atoms with Crippen LogP contribution >= 0.6 is 0 Å². The Morgan fingerprint density at radius 2 is 1.84 bits per heavy atom. The molecule has 1 aliphatic rings. The average Bonchev–Trinajstić information content (AvgIpc) is 2.71. The molecule has 1 heterocycles. The van der Waals surface area contributed by atoms with Gasteiger partial charge in [0.2, 0.25) is 0 Å². The maximum atomic E-state index is 11.9. The molecule has 3 rings (SSSR count). The average molecular weight is 254 g/mol. The number of benzene rings is 2. The van der Waals surface area contributed by atoms with Gasteiger partial charge in [-0.3, -0.25) is 0 Å². The number of aryl methyl sites for hydroxylation is 2. The van der Waals surface area contributed by atoms with Crippen molar-refractivity contribution in [1.29, 1.82) is 0 Å². The molecule has 3 nitrogen and oxygen atoms in total. The van der Waals surface area contributed by atoms with Crippen molar-refractivity contribution in [1.82, 2.24) is 0 Å². The van der Waals surface area contributed by atoms with Crippen LogP contribution in [0.15, 0.2) is 24.3 Å². The number of carbonyl (C=O) groups excluding carboxylic acids is 2. The number of carbonyl (C=O) groups is 2. The summed E-state index contributed by atoms with van der Waals surface area (Å²) in [5, 5.41) is 2.10. The lowest BCUT2D eigenvalue weighted by molar-refractivity contribution is 0.0443. The molecule has 0 aliphatic carbocycles. The van der Waals surface area contributed by atoms with E-state index in [-0.39, 0.29) is 0 Å². The molecular weight excluding hydrogens is 240 g/mol. The number of hydrogen-bond donors (Lipinski definition) is 0. The Hall–Kier alpha value is -2.16. The number of fused-ring (bicyclic) bond motifs is 2.